The number of hydrogen-bond acceptors (Lipinski definition) is 4. The molecule has 5 nitrogen and oxygen atoms in total. The van der Waals surface area contributed by atoms with Crippen LogP contribution in [0.3, 0.4) is 0 Å². The van der Waals surface area contributed by atoms with E-state index in [4.69, 9.17) is 16.3 Å². The molecule has 3 aromatic carbocycles. The highest BCUT2D eigenvalue weighted by Crippen LogP contribution is 2.33. The van der Waals surface area contributed by atoms with E-state index in [0.717, 1.165) is 0 Å². The third-order valence-corrected chi connectivity index (χ3v) is 4.51. The Morgan fingerprint density at radius 2 is 1.54 bits per heavy atom. The molecule has 0 aliphatic rings. The normalized spacial score (nSPS) is 10.8. The minimum Gasteiger partial charge on any atom is -0.506 e. The zero-order valence-electron chi connectivity index (χ0n) is 14.5. The van der Waals surface area contributed by atoms with E-state index in [9.17, 15) is 14.7 Å². The summed E-state index contributed by atoms with van der Waals surface area (Å²) in [5, 5.41) is 11.4. The molecular weight excluding hydrogens is 378 g/mol. The van der Waals surface area contributed by atoms with Crippen LogP contribution in [0.5, 0.6) is 17.2 Å². The second-order valence-corrected chi connectivity index (χ2v) is 6.57. The van der Waals surface area contributed by atoms with Crippen molar-refractivity contribution in [2.75, 3.05) is 0 Å². The summed E-state index contributed by atoms with van der Waals surface area (Å²) in [7, 11) is 0. The van der Waals surface area contributed by atoms with Gasteiger partial charge < -0.3 is 14.8 Å². The zero-order chi connectivity index (χ0) is 19.7. The molecule has 0 unspecified atom stereocenters. The first-order valence-corrected chi connectivity index (χ1v) is 8.83. The van der Waals surface area contributed by atoms with E-state index in [1.54, 1.807) is 36.4 Å². The van der Waals surface area contributed by atoms with Gasteiger partial charge >= 0.3 is 0 Å². The first-order valence-electron chi connectivity index (χ1n) is 8.45. The van der Waals surface area contributed by atoms with E-state index in [-0.39, 0.29) is 16.8 Å². The van der Waals surface area contributed by atoms with Gasteiger partial charge in [-0.15, -0.1) is 0 Å². The number of hydrogen-bond donors (Lipinski definition) is 2. The van der Waals surface area contributed by atoms with Gasteiger partial charge in [-0.05, 0) is 48.0 Å². The summed E-state index contributed by atoms with van der Waals surface area (Å²) in [6.07, 6.45) is 0. The summed E-state index contributed by atoms with van der Waals surface area (Å²) >= 11 is 5.95. The number of aromatic hydroxyl groups is 1. The van der Waals surface area contributed by atoms with Crippen LogP contribution in [-0.4, -0.2) is 10.1 Å². The molecule has 0 saturated carbocycles. The van der Waals surface area contributed by atoms with Crippen molar-refractivity contribution in [3.8, 4) is 28.4 Å². The number of aromatic nitrogens is 1. The molecule has 0 fully saturated rings. The first-order chi connectivity index (χ1) is 13.5. The van der Waals surface area contributed by atoms with Crippen LogP contribution < -0.4 is 15.7 Å². The SMILES string of the molecule is O=c1[nH]c2cc(Cl)ccc2c(O)c(-c2ccc(Oc3ccccc3)cc2)c1=O. The predicted molar refractivity (Wildman–Crippen MR) is 109 cm³/mol. The van der Waals surface area contributed by atoms with Crippen molar-refractivity contribution in [2.45, 2.75) is 0 Å². The molecule has 138 valence electrons. The van der Waals surface area contributed by atoms with Crippen LogP contribution in [0.15, 0.2) is 82.4 Å². The monoisotopic (exact) mass is 391 g/mol. The molecular formula is C22H14ClNO4. The lowest BCUT2D eigenvalue weighted by Gasteiger charge is -2.07. The lowest BCUT2D eigenvalue weighted by molar-refractivity contribution is 0.481. The van der Waals surface area contributed by atoms with Crippen molar-refractivity contribution in [2.24, 2.45) is 0 Å². The van der Waals surface area contributed by atoms with E-state index in [1.807, 2.05) is 30.3 Å². The Morgan fingerprint density at radius 3 is 2.25 bits per heavy atom. The number of halogens is 1. The number of ether oxygens (including phenoxy) is 1. The van der Waals surface area contributed by atoms with Gasteiger partial charge in [0.1, 0.15) is 17.2 Å². The number of aromatic amines is 1. The van der Waals surface area contributed by atoms with Crippen LogP contribution in [0.1, 0.15) is 0 Å². The molecule has 0 aliphatic heterocycles. The Labute approximate surface area is 164 Å². The van der Waals surface area contributed by atoms with Gasteiger partial charge in [0.05, 0.1) is 11.1 Å². The van der Waals surface area contributed by atoms with E-state index in [2.05, 4.69) is 4.98 Å². The number of rotatable bonds is 3. The third-order valence-electron chi connectivity index (χ3n) is 4.28. The number of benzene rings is 3. The van der Waals surface area contributed by atoms with Gasteiger partial charge in [-0.25, -0.2) is 0 Å². The second kappa shape index (κ2) is 7.21. The maximum Gasteiger partial charge on any atom is 0.296 e. The molecule has 1 aromatic heterocycles. The zero-order valence-corrected chi connectivity index (χ0v) is 15.2. The molecule has 28 heavy (non-hydrogen) atoms. The highest BCUT2D eigenvalue weighted by Gasteiger charge is 2.15. The average molecular weight is 392 g/mol. The van der Waals surface area contributed by atoms with Crippen molar-refractivity contribution < 1.29 is 9.84 Å². The minimum atomic E-state index is -0.841. The summed E-state index contributed by atoms with van der Waals surface area (Å²) in [6, 6.07) is 20.4. The second-order valence-electron chi connectivity index (χ2n) is 6.14. The summed E-state index contributed by atoms with van der Waals surface area (Å²) in [6.45, 7) is 0. The van der Waals surface area contributed by atoms with Gasteiger partial charge in [0.25, 0.3) is 11.0 Å². The Morgan fingerprint density at radius 1 is 0.857 bits per heavy atom. The van der Waals surface area contributed by atoms with Gasteiger partial charge in [-0.1, -0.05) is 41.9 Å². The predicted octanol–water partition coefficient (Wildman–Crippen LogP) is 4.71. The van der Waals surface area contributed by atoms with Crippen molar-refractivity contribution in [1.29, 1.82) is 0 Å². The van der Waals surface area contributed by atoms with E-state index in [1.165, 1.54) is 6.07 Å². The largest absolute Gasteiger partial charge is 0.506 e. The van der Waals surface area contributed by atoms with Crippen molar-refractivity contribution in [1.82, 2.24) is 4.98 Å². The van der Waals surface area contributed by atoms with Gasteiger partial charge in [0, 0.05) is 10.4 Å². The topological polar surface area (TPSA) is 79.4 Å². The standard InChI is InChI=1S/C22H14ClNO4/c23-14-8-11-17-18(12-14)24-22(27)21(26)19(20(17)25)13-6-9-16(10-7-13)28-15-4-2-1-3-5-15/h1-12,25H,(H,24,26,27). The Bertz CT molecular complexity index is 1280. The van der Waals surface area contributed by atoms with Gasteiger partial charge in [-0.2, -0.15) is 0 Å². The van der Waals surface area contributed by atoms with E-state index < -0.39 is 11.0 Å². The molecule has 0 radical (unpaired) electrons. The number of para-hydroxylation sites is 1. The lowest BCUT2D eigenvalue weighted by atomic mass is 10.0. The fourth-order valence-corrected chi connectivity index (χ4v) is 3.12. The fraction of sp³-hybridized carbons (Fsp3) is 0. The third kappa shape index (κ3) is 3.35. The van der Waals surface area contributed by atoms with Crippen molar-refractivity contribution in [3.63, 3.8) is 0 Å². The van der Waals surface area contributed by atoms with Gasteiger partial charge in [0.15, 0.2) is 0 Å². The molecule has 0 aliphatic carbocycles. The molecule has 0 saturated heterocycles. The Kier molecular flexibility index (Phi) is 4.59. The summed E-state index contributed by atoms with van der Waals surface area (Å²) in [5.74, 6) is 0.951. The van der Waals surface area contributed by atoms with Crippen LogP contribution in [-0.2, 0) is 0 Å². The van der Waals surface area contributed by atoms with E-state index >= 15 is 0 Å². The highest BCUT2D eigenvalue weighted by atomic mass is 35.5. The minimum absolute atomic E-state index is 0.0789. The molecule has 2 N–H and O–H groups in total. The number of nitrogens with one attached hydrogen (secondary N) is 1. The summed E-state index contributed by atoms with van der Waals surface area (Å²) < 4.78 is 5.73. The van der Waals surface area contributed by atoms with Crippen LogP contribution in [0, 0.1) is 0 Å². The molecule has 1 heterocycles. The van der Waals surface area contributed by atoms with Crippen LogP contribution in [0.4, 0.5) is 0 Å². The Balaban J connectivity index is 1.84. The smallest absolute Gasteiger partial charge is 0.296 e. The van der Waals surface area contributed by atoms with Crippen molar-refractivity contribution >= 4 is 22.5 Å². The molecule has 0 spiro atoms. The maximum absolute atomic E-state index is 12.6. The molecule has 6 heteroatoms. The first kappa shape index (κ1) is 17.8. The lowest BCUT2D eigenvalue weighted by Crippen LogP contribution is -2.24. The highest BCUT2D eigenvalue weighted by molar-refractivity contribution is 6.31. The molecule has 0 bridgehead atoms. The summed E-state index contributed by atoms with van der Waals surface area (Å²) in [4.78, 5) is 27.3. The Hall–Kier alpha value is -3.57. The van der Waals surface area contributed by atoms with Crippen LogP contribution >= 0.6 is 11.6 Å². The molecule has 4 rings (SSSR count). The summed E-state index contributed by atoms with van der Waals surface area (Å²) in [5.41, 5.74) is -1.07. The maximum atomic E-state index is 12.6. The van der Waals surface area contributed by atoms with Crippen LogP contribution in [0.2, 0.25) is 5.02 Å². The van der Waals surface area contributed by atoms with Crippen molar-refractivity contribution in [3.05, 3.63) is 98.4 Å². The molecule has 0 atom stereocenters. The fourth-order valence-electron chi connectivity index (χ4n) is 2.94. The van der Waals surface area contributed by atoms with Crippen LogP contribution in [0.25, 0.3) is 22.0 Å². The average Bonchev–Trinajstić information content (AvgIpc) is 2.78. The quantitative estimate of drug-likeness (QED) is 0.496. The van der Waals surface area contributed by atoms with Gasteiger partial charge in [0.2, 0.25) is 0 Å². The van der Waals surface area contributed by atoms with E-state index in [0.29, 0.717) is 27.5 Å². The number of fused-ring (bicyclic) bond motifs is 1. The molecule has 0 amide bonds. The van der Waals surface area contributed by atoms with Gasteiger partial charge in [-0.3, -0.25) is 9.59 Å². The number of H-pyrrole nitrogens is 1. The molecule has 4 aromatic rings.